The van der Waals surface area contributed by atoms with E-state index in [-0.39, 0.29) is 41.5 Å². The molecule has 0 aromatic heterocycles. The fraction of sp³-hybridized carbons (Fsp3) is 0.333. The second-order valence-electron chi connectivity index (χ2n) is 6.89. The number of amides is 2. The average molecular weight is 450 g/mol. The van der Waals surface area contributed by atoms with Crippen LogP contribution in [0.5, 0.6) is 11.5 Å². The standard InChI is InChI=1S/C21H27N3O6S/c1-14(2)20(25)24-16-7-5-15(6-8-16)21(26)22-11-12-23-31(27,28)19-10-9-17(29-3)13-18(19)30-4/h5-10,13-14,23H,11-12H2,1-4H3,(H,22,26)(H,24,25). The zero-order chi connectivity index (χ0) is 23.0. The third kappa shape index (κ3) is 6.69. The van der Waals surface area contributed by atoms with Crippen molar-refractivity contribution in [1.82, 2.24) is 10.0 Å². The molecule has 2 rings (SSSR count). The summed E-state index contributed by atoms with van der Waals surface area (Å²) >= 11 is 0. The molecular weight excluding hydrogens is 422 g/mol. The highest BCUT2D eigenvalue weighted by molar-refractivity contribution is 7.89. The Kier molecular flexibility index (Phi) is 8.40. The van der Waals surface area contributed by atoms with Crippen LogP contribution in [0.1, 0.15) is 24.2 Å². The normalized spacial score (nSPS) is 11.1. The van der Waals surface area contributed by atoms with Crippen molar-refractivity contribution in [2.75, 3.05) is 32.6 Å². The Morgan fingerprint density at radius 3 is 2.23 bits per heavy atom. The van der Waals surface area contributed by atoms with Gasteiger partial charge in [-0.25, -0.2) is 13.1 Å². The van der Waals surface area contributed by atoms with Crippen molar-refractivity contribution in [1.29, 1.82) is 0 Å². The first kappa shape index (κ1) is 24.2. The molecule has 0 radical (unpaired) electrons. The third-order valence-corrected chi connectivity index (χ3v) is 5.80. The van der Waals surface area contributed by atoms with Crippen LogP contribution in [0, 0.1) is 5.92 Å². The lowest BCUT2D eigenvalue weighted by molar-refractivity contribution is -0.118. The molecule has 2 aromatic rings. The number of anilines is 1. The molecule has 10 heteroatoms. The van der Waals surface area contributed by atoms with Gasteiger partial charge in [-0.15, -0.1) is 0 Å². The van der Waals surface area contributed by atoms with Crippen molar-refractivity contribution in [3.63, 3.8) is 0 Å². The number of nitrogens with one attached hydrogen (secondary N) is 3. The maximum absolute atomic E-state index is 12.5. The predicted molar refractivity (Wildman–Crippen MR) is 117 cm³/mol. The van der Waals surface area contributed by atoms with E-state index < -0.39 is 10.0 Å². The topological polar surface area (TPSA) is 123 Å². The molecular formula is C21H27N3O6S. The van der Waals surface area contributed by atoms with Gasteiger partial charge in [0.05, 0.1) is 14.2 Å². The molecule has 0 aliphatic rings. The monoisotopic (exact) mass is 449 g/mol. The van der Waals surface area contributed by atoms with Gasteiger partial charge in [0.25, 0.3) is 5.91 Å². The molecule has 0 aliphatic heterocycles. The van der Waals surface area contributed by atoms with Crippen molar-refractivity contribution in [3.8, 4) is 11.5 Å². The first-order valence-corrected chi connectivity index (χ1v) is 11.1. The van der Waals surface area contributed by atoms with E-state index in [0.717, 1.165) is 0 Å². The zero-order valence-electron chi connectivity index (χ0n) is 17.9. The second kappa shape index (κ2) is 10.8. The van der Waals surface area contributed by atoms with Gasteiger partial charge in [-0.05, 0) is 36.4 Å². The van der Waals surface area contributed by atoms with Gasteiger partial charge in [0, 0.05) is 36.3 Å². The van der Waals surface area contributed by atoms with E-state index in [4.69, 9.17) is 9.47 Å². The minimum Gasteiger partial charge on any atom is -0.497 e. The lowest BCUT2D eigenvalue weighted by atomic mass is 10.1. The van der Waals surface area contributed by atoms with Gasteiger partial charge in [0.15, 0.2) is 0 Å². The van der Waals surface area contributed by atoms with Gasteiger partial charge in [0.1, 0.15) is 16.4 Å². The molecule has 31 heavy (non-hydrogen) atoms. The largest absolute Gasteiger partial charge is 0.497 e. The quantitative estimate of drug-likeness (QED) is 0.477. The number of ether oxygens (including phenoxy) is 2. The number of benzene rings is 2. The fourth-order valence-electron chi connectivity index (χ4n) is 2.53. The SMILES string of the molecule is COc1ccc(S(=O)(=O)NCCNC(=O)c2ccc(NC(=O)C(C)C)cc2)c(OC)c1. The third-order valence-electron chi connectivity index (χ3n) is 4.30. The van der Waals surface area contributed by atoms with Crippen molar-refractivity contribution in [2.45, 2.75) is 18.7 Å². The van der Waals surface area contributed by atoms with Crippen molar-refractivity contribution >= 4 is 27.5 Å². The smallest absolute Gasteiger partial charge is 0.251 e. The van der Waals surface area contributed by atoms with Gasteiger partial charge in [-0.1, -0.05) is 13.8 Å². The molecule has 0 heterocycles. The molecule has 2 aromatic carbocycles. The van der Waals surface area contributed by atoms with Gasteiger partial charge in [-0.2, -0.15) is 0 Å². The van der Waals surface area contributed by atoms with Crippen LogP contribution in [0.15, 0.2) is 47.4 Å². The van der Waals surface area contributed by atoms with Gasteiger partial charge >= 0.3 is 0 Å². The van der Waals surface area contributed by atoms with E-state index in [9.17, 15) is 18.0 Å². The Morgan fingerprint density at radius 1 is 0.968 bits per heavy atom. The van der Waals surface area contributed by atoms with Crippen LogP contribution in [0.2, 0.25) is 0 Å². The summed E-state index contributed by atoms with van der Waals surface area (Å²) in [7, 11) is -0.997. The lowest BCUT2D eigenvalue weighted by Gasteiger charge is -2.12. The maximum Gasteiger partial charge on any atom is 0.251 e. The number of hydrogen-bond donors (Lipinski definition) is 3. The molecule has 0 bridgehead atoms. The number of hydrogen-bond acceptors (Lipinski definition) is 6. The number of rotatable bonds is 10. The van der Waals surface area contributed by atoms with Crippen molar-refractivity contribution in [3.05, 3.63) is 48.0 Å². The molecule has 0 atom stereocenters. The average Bonchev–Trinajstić information content (AvgIpc) is 2.76. The van der Waals surface area contributed by atoms with Crippen molar-refractivity contribution < 1.29 is 27.5 Å². The fourth-order valence-corrected chi connectivity index (χ4v) is 3.71. The minimum absolute atomic E-state index is 0.00815. The molecule has 9 nitrogen and oxygen atoms in total. The maximum atomic E-state index is 12.5. The second-order valence-corrected chi connectivity index (χ2v) is 8.63. The molecule has 0 unspecified atom stereocenters. The number of carbonyl (C=O) groups is 2. The van der Waals surface area contributed by atoms with E-state index in [1.54, 1.807) is 38.1 Å². The highest BCUT2D eigenvalue weighted by Gasteiger charge is 2.19. The van der Waals surface area contributed by atoms with Crippen LogP contribution < -0.4 is 24.8 Å². The molecule has 168 valence electrons. The Hall–Kier alpha value is -3.11. The van der Waals surface area contributed by atoms with Gasteiger partial charge in [0.2, 0.25) is 15.9 Å². The molecule has 0 saturated carbocycles. The van der Waals surface area contributed by atoms with E-state index in [1.165, 1.54) is 32.4 Å². The molecule has 0 saturated heterocycles. The summed E-state index contributed by atoms with van der Waals surface area (Å²) in [6.45, 7) is 3.65. The summed E-state index contributed by atoms with van der Waals surface area (Å²) in [6.07, 6.45) is 0. The van der Waals surface area contributed by atoms with Crippen molar-refractivity contribution in [2.24, 2.45) is 5.92 Å². The number of methoxy groups -OCH3 is 2. The predicted octanol–water partition coefficient (Wildman–Crippen LogP) is 2.01. The molecule has 0 spiro atoms. The lowest BCUT2D eigenvalue weighted by Crippen LogP contribution is -2.34. The first-order chi connectivity index (χ1) is 14.7. The molecule has 3 N–H and O–H groups in total. The van der Waals surface area contributed by atoms with Crippen LogP contribution in [-0.4, -0.2) is 47.5 Å². The Labute approximate surface area is 182 Å². The van der Waals surface area contributed by atoms with Crippen LogP contribution >= 0.6 is 0 Å². The zero-order valence-corrected chi connectivity index (χ0v) is 18.7. The Bertz CT molecular complexity index is 1020. The summed E-state index contributed by atoms with van der Waals surface area (Å²) in [5.41, 5.74) is 0.985. The van der Waals surface area contributed by atoms with E-state index in [1.807, 2.05) is 0 Å². The minimum atomic E-state index is -3.84. The summed E-state index contributed by atoms with van der Waals surface area (Å²) in [5, 5.41) is 5.39. The van der Waals surface area contributed by atoms with Crippen LogP contribution in [0.25, 0.3) is 0 Å². The van der Waals surface area contributed by atoms with E-state index in [0.29, 0.717) is 17.0 Å². The Balaban J connectivity index is 1.89. The highest BCUT2D eigenvalue weighted by atomic mass is 32.2. The van der Waals surface area contributed by atoms with Crippen LogP contribution in [0.3, 0.4) is 0 Å². The van der Waals surface area contributed by atoms with Gasteiger partial charge in [-0.3, -0.25) is 9.59 Å². The first-order valence-electron chi connectivity index (χ1n) is 9.58. The Morgan fingerprint density at radius 2 is 1.65 bits per heavy atom. The van der Waals surface area contributed by atoms with Crippen LogP contribution in [-0.2, 0) is 14.8 Å². The number of sulfonamides is 1. The van der Waals surface area contributed by atoms with Crippen LogP contribution in [0.4, 0.5) is 5.69 Å². The van der Waals surface area contributed by atoms with Gasteiger partial charge < -0.3 is 20.1 Å². The summed E-state index contributed by atoms with van der Waals surface area (Å²) in [5.74, 6) is 0.00367. The molecule has 2 amide bonds. The van der Waals surface area contributed by atoms with E-state index in [2.05, 4.69) is 15.4 Å². The molecule has 0 fully saturated rings. The summed E-state index contributed by atoms with van der Waals surface area (Å²) in [6, 6.07) is 10.8. The summed E-state index contributed by atoms with van der Waals surface area (Å²) in [4.78, 5) is 23.9. The molecule has 0 aliphatic carbocycles. The van der Waals surface area contributed by atoms with E-state index >= 15 is 0 Å². The number of carbonyl (C=O) groups excluding carboxylic acids is 2. The summed E-state index contributed by atoms with van der Waals surface area (Å²) < 4.78 is 37.7. The highest BCUT2D eigenvalue weighted by Crippen LogP contribution is 2.28.